The molecule has 5 heteroatoms. The highest BCUT2D eigenvalue weighted by atomic mass is 32.1. The van der Waals surface area contributed by atoms with Gasteiger partial charge >= 0.3 is 0 Å². The van der Waals surface area contributed by atoms with Crippen molar-refractivity contribution in [2.24, 2.45) is 11.8 Å². The molecule has 202 valence electrons. The van der Waals surface area contributed by atoms with E-state index >= 15 is 0 Å². The van der Waals surface area contributed by atoms with Crippen molar-refractivity contribution in [3.8, 4) is 21.5 Å². The van der Waals surface area contributed by atoms with E-state index in [-0.39, 0.29) is 0 Å². The molecule has 0 atom stereocenters. The number of benzene rings is 1. The van der Waals surface area contributed by atoms with Gasteiger partial charge in [0.25, 0.3) is 5.19 Å². The summed E-state index contributed by atoms with van der Waals surface area (Å²) in [7, 11) is 0. The molecule has 1 saturated carbocycles. The van der Waals surface area contributed by atoms with Gasteiger partial charge in [-0.3, -0.25) is 0 Å². The van der Waals surface area contributed by atoms with E-state index in [1.807, 2.05) is 12.1 Å². The fraction of sp³-hybridized carbons (Fsp3) is 0.742. The summed E-state index contributed by atoms with van der Waals surface area (Å²) >= 11 is 1.53. The molecule has 0 amide bonds. The Labute approximate surface area is 224 Å². The van der Waals surface area contributed by atoms with E-state index in [2.05, 4.69) is 36.2 Å². The van der Waals surface area contributed by atoms with E-state index in [0.717, 1.165) is 54.2 Å². The first-order valence-corrected chi connectivity index (χ1v) is 15.8. The van der Waals surface area contributed by atoms with Gasteiger partial charge in [0.05, 0.1) is 13.2 Å². The number of rotatable bonds is 19. The third-order valence-corrected chi connectivity index (χ3v) is 8.57. The fourth-order valence-electron chi connectivity index (χ4n) is 5.35. The molecule has 1 heterocycles. The quantitative estimate of drug-likeness (QED) is 0.175. The van der Waals surface area contributed by atoms with E-state index in [0.29, 0.717) is 5.19 Å². The zero-order valence-electron chi connectivity index (χ0n) is 23.0. The van der Waals surface area contributed by atoms with Gasteiger partial charge in [-0.15, -0.1) is 5.10 Å². The molecule has 1 aromatic carbocycles. The monoisotopic (exact) mass is 514 g/mol. The summed E-state index contributed by atoms with van der Waals surface area (Å²) in [6, 6.07) is 8.22. The van der Waals surface area contributed by atoms with Crippen molar-refractivity contribution in [2.75, 3.05) is 13.2 Å². The largest absolute Gasteiger partial charge is 0.494 e. The Morgan fingerprint density at radius 3 is 1.94 bits per heavy atom. The minimum absolute atomic E-state index is 0.684. The third-order valence-electron chi connectivity index (χ3n) is 7.69. The summed E-state index contributed by atoms with van der Waals surface area (Å²) in [5, 5.41) is 10.2. The molecular formula is C31H50N2O2S. The minimum atomic E-state index is 0.684. The molecule has 0 aliphatic heterocycles. The van der Waals surface area contributed by atoms with Crippen LogP contribution in [0.25, 0.3) is 10.6 Å². The van der Waals surface area contributed by atoms with Crippen molar-refractivity contribution in [3.63, 3.8) is 0 Å². The number of hydrogen-bond donors (Lipinski definition) is 0. The van der Waals surface area contributed by atoms with Crippen LogP contribution in [0.15, 0.2) is 24.3 Å². The van der Waals surface area contributed by atoms with Gasteiger partial charge in [0.2, 0.25) is 0 Å². The van der Waals surface area contributed by atoms with E-state index in [4.69, 9.17) is 9.47 Å². The summed E-state index contributed by atoms with van der Waals surface area (Å²) in [6.07, 6.45) is 22.9. The van der Waals surface area contributed by atoms with Gasteiger partial charge in [-0.25, -0.2) is 0 Å². The Morgan fingerprint density at radius 2 is 1.25 bits per heavy atom. The topological polar surface area (TPSA) is 44.2 Å². The number of nitrogens with zero attached hydrogens (tertiary/aromatic N) is 2. The second-order valence-electron chi connectivity index (χ2n) is 10.7. The van der Waals surface area contributed by atoms with E-state index in [1.54, 1.807) is 0 Å². The molecule has 0 saturated heterocycles. The molecule has 1 aliphatic rings. The molecule has 0 spiro atoms. The van der Waals surface area contributed by atoms with Gasteiger partial charge in [-0.05, 0) is 55.4 Å². The molecule has 1 aliphatic carbocycles. The van der Waals surface area contributed by atoms with E-state index < -0.39 is 0 Å². The van der Waals surface area contributed by atoms with Crippen LogP contribution in [0.5, 0.6) is 10.9 Å². The molecule has 36 heavy (non-hydrogen) atoms. The predicted octanol–water partition coefficient (Wildman–Crippen LogP) is 9.88. The van der Waals surface area contributed by atoms with E-state index in [1.165, 1.54) is 108 Å². The summed E-state index contributed by atoms with van der Waals surface area (Å²) in [5.74, 6) is 2.82. The summed E-state index contributed by atoms with van der Waals surface area (Å²) in [4.78, 5) is 0. The minimum Gasteiger partial charge on any atom is -0.494 e. The summed E-state index contributed by atoms with van der Waals surface area (Å²) in [5.41, 5.74) is 1.07. The van der Waals surface area contributed by atoms with Crippen LogP contribution in [0.3, 0.4) is 0 Å². The molecule has 2 aromatic rings. The predicted molar refractivity (Wildman–Crippen MR) is 153 cm³/mol. The molecular weight excluding hydrogens is 464 g/mol. The smallest absolute Gasteiger partial charge is 0.294 e. The van der Waals surface area contributed by atoms with Crippen LogP contribution in [0.4, 0.5) is 0 Å². The Hall–Kier alpha value is -1.62. The summed E-state index contributed by atoms with van der Waals surface area (Å²) < 4.78 is 11.9. The SMILES string of the molecule is CCCCCCCCCOc1ccc(-c2nnc(OCCC[C@H]3CC[C@H](CCCCC)CC3)s2)cc1. The Kier molecular flexibility index (Phi) is 14.3. The second kappa shape index (κ2) is 17.8. The standard InChI is InChI=1S/C31H50N2O2S/c1-3-5-7-8-9-10-12-24-34-29-22-20-28(21-23-29)30-32-33-31(36-30)35-25-13-15-27-18-16-26(17-19-27)14-11-6-4-2/h20-23,26-27H,3-19,24-25H2,1-2H3/t26-,27-. The molecule has 0 N–H and O–H groups in total. The maximum Gasteiger partial charge on any atom is 0.294 e. The van der Waals surface area contributed by atoms with E-state index in [9.17, 15) is 0 Å². The van der Waals surface area contributed by atoms with Crippen LogP contribution in [0, 0.1) is 11.8 Å². The lowest BCUT2D eigenvalue weighted by Gasteiger charge is -2.28. The van der Waals surface area contributed by atoms with Gasteiger partial charge in [0, 0.05) is 5.56 Å². The van der Waals surface area contributed by atoms with Crippen molar-refractivity contribution in [2.45, 2.75) is 123 Å². The zero-order chi connectivity index (χ0) is 25.3. The molecule has 0 unspecified atom stereocenters. The van der Waals surface area contributed by atoms with Crippen molar-refractivity contribution in [1.29, 1.82) is 0 Å². The second-order valence-corrected chi connectivity index (χ2v) is 11.7. The van der Waals surface area contributed by atoms with Crippen LogP contribution in [0.1, 0.15) is 123 Å². The number of hydrogen-bond acceptors (Lipinski definition) is 5. The molecule has 1 fully saturated rings. The van der Waals surface area contributed by atoms with Crippen LogP contribution in [-0.4, -0.2) is 23.4 Å². The number of unbranched alkanes of at least 4 members (excludes halogenated alkanes) is 8. The Balaban J connectivity index is 1.26. The van der Waals surface area contributed by atoms with Crippen molar-refractivity contribution < 1.29 is 9.47 Å². The van der Waals surface area contributed by atoms with Crippen LogP contribution in [-0.2, 0) is 0 Å². The highest BCUT2D eigenvalue weighted by Crippen LogP contribution is 2.34. The molecule has 1 aromatic heterocycles. The van der Waals surface area contributed by atoms with Gasteiger partial charge in [0.15, 0.2) is 5.01 Å². The first kappa shape index (κ1) is 28.9. The average Bonchev–Trinajstić information content (AvgIpc) is 3.38. The lowest BCUT2D eigenvalue weighted by molar-refractivity contribution is 0.227. The van der Waals surface area contributed by atoms with Gasteiger partial charge in [-0.2, -0.15) is 0 Å². The highest BCUT2D eigenvalue weighted by Gasteiger charge is 2.20. The van der Waals surface area contributed by atoms with Crippen LogP contribution < -0.4 is 9.47 Å². The molecule has 4 nitrogen and oxygen atoms in total. The molecule has 0 bridgehead atoms. The first-order chi connectivity index (χ1) is 17.8. The normalized spacial score (nSPS) is 17.8. The highest BCUT2D eigenvalue weighted by molar-refractivity contribution is 7.16. The first-order valence-electron chi connectivity index (χ1n) is 15.0. The van der Waals surface area contributed by atoms with Crippen LogP contribution in [0.2, 0.25) is 0 Å². The average molecular weight is 515 g/mol. The van der Waals surface area contributed by atoms with Gasteiger partial charge in [0.1, 0.15) is 5.75 Å². The van der Waals surface area contributed by atoms with Crippen molar-refractivity contribution >= 4 is 11.3 Å². The third kappa shape index (κ3) is 11.2. The molecule has 0 radical (unpaired) electrons. The van der Waals surface area contributed by atoms with Crippen molar-refractivity contribution in [1.82, 2.24) is 10.2 Å². The van der Waals surface area contributed by atoms with Gasteiger partial charge < -0.3 is 9.47 Å². The van der Waals surface area contributed by atoms with Crippen LogP contribution >= 0.6 is 11.3 Å². The van der Waals surface area contributed by atoms with Gasteiger partial charge in [-0.1, -0.05) is 120 Å². The Bertz CT molecular complexity index is 799. The summed E-state index contributed by atoms with van der Waals surface area (Å²) in [6.45, 7) is 6.10. The lowest BCUT2D eigenvalue weighted by Crippen LogP contribution is -2.15. The fourth-order valence-corrected chi connectivity index (χ4v) is 6.08. The number of ether oxygens (including phenoxy) is 2. The maximum atomic E-state index is 5.94. The number of aromatic nitrogens is 2. The van der Waals surface area contributed by atoms with Crippen molar-refractivity contribution in [3.05, 3.63) is 24.3 Å². The lowest BCUT2D eigenvalue weighted by atomic mass is 9.78. The molecule has 3 rings (SSSR count). The Morgan fingerprint density at radius 1 is 0.667 bits per heavy atom. The maximum absolute atomic E-state index is 5.94. The zero-order valence-corrected chi connectivity index (χ0v) is 23.8.